The van der Waals surface area contributed by atoms with Crippen molar-refractivity contribution in [1.29, 1.82) is 0 Å². The molecule has 3 fully saturated rings. The van der Waals surface area contributed by atoms with Crippen molar-refractivity contribution in [2.24, 2.45) is 0 Å². The highest BCUT2D eigenvalue weighted by Gasteiger charge is 2.38. The highest BCUT2D eigenvalue weighted by molar-refractivity contribution is 5.91. The maximum atomic E-state index is 16.1. The first-order valence-electron chi connectivity index (χ1n) is 15.3. The quantitative estimate of drug-likeness (QED) is 0.306. The van der Waals surface area contributed by atoms with E-state index in [9.17, 15) is 14.7 Å². The molecule has 3 aromatic heterocycles. The molecule has 4 heterocycles. The number of rotatable bonds is 6. The van der Waals surface area contributed by atoms with Crippen LogP contribution in [0.1, 0.15) is 68.6 Å². The molecule has 3 aliphatic rings. The summed E-state index contributed by atoms with van der Waals surface area (Å²) in [6.45, 7) is 9.87. The molecule has 10 nitrogen and oxygen atoms in total. The minimum absolute atomic E-state index is 0.0600. The number of pyridine rings is 1. The van der Waals surface area contributed by atoms with Crippen LogP contribution in [0.15, 0.2) is 41.7 Å². The van der Waals surface area contributed by atoms with Gasteiger partial charge in [0.15, 0.2) is 11.5 Å². The van der Waals surface area contributed by atoms with Gasteiger partial charge in [0, 0.05) is 37.0 Å². The number of halogens is 2. The third kappa shape index (κ3) is 4.92. The Morgan fingerprint density at radius 1 is 0.978 bits per heavy atom. The summed E-state index contributed by atoms with van der Waals surface area (Å²) in [6, 6.07) is 4.34. The number of aryl methyl sites for hydroxylation is 1. The number of phenols is 1. The summed E-state index contributed by atoms with van der Waals surface area (Å²) in [5.74, 6) is -1.35. The van der Waals surface area contributed by atoms with Crippen molar-refractivity contribution in [3.63, 3.8) is 0 Å². The number of anilines is 1. The summed E-state index contributed by atoms with van der Waals surface area (Å²) >= 11 is 0. The third-order valence-electron chi connectivity index (χ3n) is 8.95. The number of carbonyl (C=O) groups is 1. The number of aromatic hydroxyl groups is 1. The van der Waals surface area contributed by atoms with Crippen LogP contribution >= 0.6 is 0 Å². The summed E-state index contributed by atoms with van der Waals surface area (Å²) in [4.78, 5) is 49.1. The molecule has 7 rings (SSSR count). The van der Waals surface area contributed by atoms with Crippen molar-refractivity contribution < 1.29 is 18.7 Å². The molecule has 1 aliphatic heterocycles. The molecule has 1 N–H and O–H groups in total. The summed E-state index contributed by atoms with van der Waals surface area (Å²) in [5.41, 5.74) is 0.527. The third-order valence-corrected chi connectivity index (χ3v) is 8.95. The molecule has 0 spiro atoms. The fourth-order valence-electron chi connectivity index (χ4n) is 6.42. The Morgan fingerprint density at radius 3 is 2.24 bits per heavy atom. The first-order valence-corrected chi connectivity index (χ1v) is 15.3. The molecule has 1 saturated heterocycles. The summed E-state index contributed by atoms with van der Waals surface area (Å²) < 4.78 is 32.5. The Labute approximate surface area is 258 Å². The van der Waals surface area contributed by atoms with Crippen molar-refractivity contribution >= 4 is 22.8 Å². The average Bonchev–Trinajstić information content (AvgIpc) is 3.92. The summed E-state index contributed by atoms with van der Waals surface area (Å²) in [5, 5.41) is 10.8. The summed E-state index contributed by atoms with van der Waals surface area (Å²) in [7, 11) is 0. The van der Waals surface area contributed by atoms with Crippen LogP contribution in [0.2, 0.25) is 0 Å². The maximum absolute atomic E-state index is 16.1. The Bertz CT molecular complexity index is 1900. The van der Waals surface area contributed by atoms with Crippen LogP contribution in [-0.2, 0) is 4.79 Å². The molecule has 1 aromatic carbocycles. The van der Waals surface area contributed by atoms with Crippen LogP contribution in [0, 0.1) is 18.6 Å². The van der Waals surface area contributed by atoms with Crippen molar-refractivity contribution in [2.75, 3.05) is 18.0 Å². The van der Waals surface area contributed by atoms with Crippen LogP contribution in [0.5, 0.6) is 5.75 Å². The van der Waals surface area contributed by atoms with Gasteiger partial charge < -0.3 is 14.9 Å². The molecule has 2 aliphatic carbocycles. The van der Waals surface area contributed by atoms with Crippen LogP contribution < -0.4 is 10.6 Å². The van der Waals surface area contributed by atoms with E-state index in [-0.39, 0.29) is 46.7 Å². The molecule has 4 aromatic rings. The maximum Gasteiger partial charge on any atom is 0.355 e. The number of amides is 1. The molecule has 1 amide bonds. The van der Waals surface area contributed by atoms with E-state index in [0.29, 0.717) is 24.6 Å². The number of fused-ring (bicyclic) bond motifs is 1. The van der Waals surface area contributed by atoms with Crippen LogP contribution in [0.25, 0.3) is 28.0 Å². The van der Waals surface area contributed by atoms with E-state index in [1.807, 2.05) is 25.7 Å². The molecule has 0 radical (unpaired) electrons. The zero-order valence-corrected chi connectivity index (χ0v) is 25.3. The SMILES string of the molecule is C=CC(=O)N1C[C@H](C)N(c2nc(=O)n(-c3c(C4CC4)nc(C)nc3C3CC3)c3nc(-c4c(O)cccc4F)c(F)cc23)C[C@H]1C. The molecule has 2 saturated carbocycles. The lowest BCUT2D eigenvalue weighted by molar-refractivity contribution is -0.128. The minimum Gasteiger partial charge on any atom is -0.507 e. The van der Waals surface area contributed by atoms with E-state index >= 15 is 8.78 Å². The molecule has 12 heteroatoms. The Hall–Kier alpha value is -4.74. The number of hydrogen-bond donors (Lipinski definition) is 1. The zero-order chi connectivity index (χ0) is 31.7. The molecule has 0 bridgehead atoms. The second kappa shape index (κ2) is 10.7. The van der Waals surface area contributed by atoms with Crippen molar-refractivity contribution in [3.05, 3.63) is 76.3 Å². The average molecular weight is 614 g/mol. The second-order valence-corrected chi connectivity index (χ2v) is 12.4. The lowest BCUT2D eigenvalue weighted by Gasteiger charge is -2.44. The minimum atomic E-state index is -0.887. The van der Waals surface area contributed by atoms with E-state index in [2.05, 4.69) is 16.5 Å². The molecule has 0 unspecified atom stereocenters. The number of carbonyl (C=O) groups excluding carboxylic acids is 1. The monoisotopic (exact) mass is 613 g/mol. The van der Waals surface area contributed by atoms with Gasteiger partial charge in [-0.1, -0.05) is 12.6 Å². The number of hydrogen-bond acceptors (Lipinski definition) is 8. The van der Waals surface area contributed by atoms with E-state index in [4.69, 9.17) is 9.97 Å². The van der Waals surface area contributed by atoms with Gasteiger partial charge in [0.25, 0.3) is 0 Å². The Kier molecular flexibility index (Phi) is 6.90. The molecule has 45 heavy (non-hydrogen) atoms. The normalized spacial score (nSPS) is 20.1. The first kappa shape index (κ1) is 29.0. The largest absolute Gasteiger partial charge is 0.507 e. The number of nitrogens with zero attached hydrogens (tertiary/aromatic N) is 7. The lowest BCUT2D eigenvalue weighted by Crippen LogP contribution is -2.58. The van der Waals surface area contributed by atoms with E-state index in [1.165, 1.54) is 28.8 Å². The van der Waals surface area contributed by atoms with E-state index in [1.54, 1.807) is 4.90 Å². The standard InChI is InChI=1S/C33H33F2N7O3/c1-5-25(44)40-14-17(3)41(15-16(40)2)31-21-13-23(35)29(26-22(34)7-6-8-24(26)43)38-32(21)42(33(45)39-31)30-27(19-9-10-19)36-18(4)37-28(30)20-11-12-20/h5-8,13,16-17,19-20,43H,1,9-12,14-15H2,2-4H3/t16-,17+/m1/s1. The van der Waals surface area contributed by atoms with Crippen LogP contribution in [0.3, 0.4) is 0 Å². The number of benzene rings is 1. The number of aromatic nitrogens is 5. The number of piperazine rings is 1. The predicted molar refractivity (Wildman–Crippen MR) is 165 cm³/mol. The Morgan fingerprint density at radius 2 is 1.64 bits per heavy atom. The van der Waals surface area contributed by atoms with Crippen molar-refractivity contribution in [2.45, 2.75) is 70.4 Å². The van der Waals surface area contributed by atoms with Crippen LogP contribution in [-0.4, -0.2) is 65.6 Å². The van der Waals surface area contributed by atoms with Crippen LogP contribution in [0.4, 0.5) is 14.6 Å². The van der Waals surface area contributed by atoms with Gasteiger partial charge in [0.1, 0.15) is 28.9 Å². The van der Waals surface area contributed by atoms with Gasteiger partial charge >= 0.3 is 5.69 Å². The molecular weight excluding hydrogens is 580 g/mol. The lowest BCUT2D eigenvalue weighted by atomic mass is 10.1. The first-order chi connectivity index (χ1) is 21.6. The van der Waals surface area contributed by atoms with Gasteiger partial charge in [0.2, 0.25) is 5.91 Å². The van der Waals surface area contributed by atoms with Gasteiger partial charge in [-0.3, -0.25) is 4.79 Å². The molecule has 2 atom stereocenters. The highest BCUT2D eigenvalue weighted by Crippen LogP contribution is 2.48. The molecule has 232 valence electrons. The van der Waals surface area contributed by atoms with Crippen molar-refractivity contribution in [1.82, 2.24) is 29.4 Å². The van der Waals surface area contributed by atoms with Gasteiger partial charge in [-0.05, 0) is 70.7 Å². The van der Waals surface area contributed by atoms with Gasteiger partial charge in [-0.25, -0.2) is 33.1 Å². The van der Waals surface area contributed by atoms with E-state index < -0.39 is 34.3 Å². The van der Waals surface area contributed by atoms with E-state index in [0.717, 1.165) is 43.1 Å². The topological polar surface area (TPSA) is 117 Å². The van der Waals surface area contributed by atoms with Gasteiger partial charge in [-0.2, -0.15) is 4.98 Å². The fourth-order valence-corrected chi connectivity index (χ4v) is 6.42. The van der Waals surface area contributed by atoms with Crippen molar-refractivity contribution in [3.8, 4) is 22.7 Å². The van der Waals surface area contributed by atoms with Gasteiger partial charge in [0.05, 0.1) is 28.0 Å². The predicted octanol–water partition coefficient (Wildman–Crippen LogP) is 4.90. The zero-order valence-electron chi connectivity index (χ0n) is 25.3. The Balaban J connectivity index is 1.52. The second-order valence-electron chi connectivity index (χ2n) is 12.4. The summed E-state index contributed by atoms with van der Waals surface area (Å²) in [6.07, 6.45) is 4.90. The molecular formula is C33H33F2N7O3. The van der Waals surface area contributed by atoms with Gasteiger partial charge in [-0.15, -0.1) is 0 Å². The fraction of sp³-hybridized carbons (Fsp3) is 0.394. The number of phenolic OH excluding ortho intramolecular Hbond substituents is 1. The smallest absolute Gasteiger partial charge is 0.355 e. The highest BCUT2D eigenvalue weighted by atomic mass is 19.1.